The van der Waals surface area contributed by atoms with Crippen LogP contribution in [0.1, 0.15) is 59.2 Å². The van der Waals surface area contributed by atoms with E-state index >= 15 is 0 Å². The normalized spacial score (nSPS) is 12.5. The quantitative estimate of drug-likeness (QED) is 0.0504. The molecule has 0 unspecified atom stereocenters. The molecular weight excluding hydrogens is 812 g/mol. The number of carboxylic acids is 4. The summed E-state index contributed by atoms with van der Waals surface area (Å²) in [7, 11) is 0. The molecule has 3 rings (SSSR count). The lowest BCUT2D eigenvalue weighted by Crippen LogP contribution is -2.51. The number of ether oxygens (including phenoxy) is 1. The molecule has 0 aromatic heterocycles. The zero-order valence-corrected chi connectivity index (χ0v) is 33.8. The van der Waals surface area contributed by atoms with E-state index in [1.165, 1.54) is 12.1 Å². The molecule has 0 aliphatic carbocycles. The first-order valence-corrected chi connectivity index (χ1v) is 19.4. The Hall–Kier alpha value is -7.51. The van der Waals surface area contributed by atoms with E-state index in [2.05, 4.69) is 31.9 Å². The predicted molar refractivity (Wildman–Crippen MR) is 219 cm³/mol. The van der Waals surface area contributed by atoms with E-state index in [0.717, 1.165) is 11.1 Å². The van der Waals surface area contributed by atoms with Crippen LogP contribution < -0.4 is 36.6 Å². The smallest absolute Gasteiger partial charge is 0.326 e. The number of rotatable bonds is 26. The molecular formula is C42H50N6O14. The van der Waals surface area contributed by atoms with E-state index < -0.39 is 104 Å². The lowest BCUT2D eigenvalue weighted by molar-refractivity contribution is -0.142. The highest BCUT2D eigenvalue weighted by molar-refractivity contribution is 5.97. The van der Waals surface area contributed by atoms with Gasteiger partial charge >= 0.3 is 29.9 Å². The maximum absolute atomic E-state index is 13.2. The molecule has 3 aromatic carbocycles. The standard InChI is InChI=1S/C42H50N6O14/c1-25-8-7-11-28(20-25)37(53)44-23-34(49)46-33(41(59)60)22-27-13-15-29(16-14-27)62-24-35(50)45-32(21-26-9-3-2-4-10-26)38(54)43-19-6-5-12-30(39(55)56)47-42(61)48-31(40(57)58)17-18-36(51)52/h2-4,7-11,13-16,20,30-33H,5-6,12,17-19,21-24H2,1H3,(H,43,54)(H,44,53)(H,45,50)(H,46,49)(H,51,52)(H,55,56)(H,57,58)(H,59,60)(H2,47,48,61)/t30-,31-,32-,33-/m0/s1. The number of carboxylic acid groups (broad SMARTS) is 4. The summed E-state index contributed by atoms with van der Waals surface area (Å²) in [5.74, 6) is -7.52. The number of amides is 6. The highest BCUT2D eigenvalue weighted by Crippen LogP contribution is 2.14. The topological polar surface area (TPSA) is 316 Å². The fourth-order valence-electron chi connectivity index (χ4n) is 5.84. The van der Waals surface area contributed by atoms with Crippen LogP contribution >= 0.6 is 0 Å². The molecule has 62 heavy (non-hydrogen) atoms. The van der Waals surface area contributed by atoms with Crippen LogP contribution in [0.2, 0.25) is 0 Å². The highest BCUT2D eigenvalue weighted by Gasteiger charge is 2.26. The van der Waals surface area contributed by atoms with Crippen LogP contribution in [0.3, 0.4) is 0 Å². The van der Waals surface area contributed by atoms with Crippen molar-refractivity contribution in [2.45, 2.75) is 76.0 Å². The van der Waals surface area contributed by atoms with Crippen LogP contribution in [0, 0.1) is 6.92 Å². The van der Waals surface area contributed by atoms with Crippen molar-refractivity contribution in [3.63, 3.8) is 0 Å². The van der Waals surface area contributed by atoms with E-state index in [0.29, 0.717) is 11.1 Å². The first kappa shape index (κ1) is 48.9. The van der Waals surface area contributed by atoms with Crippen LogP contribution in [0.15, 0.2) is 78.9 Å². The van der Waals surface area contributed by atoms with Gasteiger partial charge in [0.2, 0.25) is 11.8 Å². The zero-order valence-electron chi connectivity index (χ0n) is 33.8. The van der Waals surface area contributed by atoms with Crippen molar-refractivity contribution in [2.75, 3.05) is 19.7 Å². The van der Waals surface area contributed by atoms with E-state index in [-0.39, 0.29) is 44.4 Å². The lowest BCUT2D eigenvalue weighted by Gasteiger charge is -2.20. The summed E-state index contributed by atoms with van der Waals surface area (Å²) in [5.41, 5.74) is 2.49. The van der Waals surface area contributed by atoms with E-state index in [1.54, 1.807) is 60.7 Å². The Labute approximate surface area is 355 Å². The summed E-state index contributed by atoms with van der Waals surface area (Å²) in [6.45, 7) is 0.978. The van der Waals surface area contributed by atoms with Gasteiger partial charge < -0.3 is 57.1 Å². The molecule has 6 amide bonds. The Kier molecular flexibility index (Phi) is 19.8. The molecule has 20 heteroatoms. The monoisotopic (exact) mass is 862 g/mol. The number of aliphatic carboxylic acids is 4. The molecule has 20 nitrogen and oxygen atoms in total. The number of urea groups is 1. The summed E-state index contributed by atoms with van der Waals surface area (Å²) < 4.78 is 5.60. The Morgan fingerprint density at radius 3 is 1.81 bits per heavy atom. The van der Waals surface area contributed by atoms with Crippen LogP contribution in [0.5, 0.6) is 5.75 Å². The number of benzene rings is 3. The van der Waals surface area contributed by atoms with Gasteiger partial charge in [0, 0.05) is 31.4 Å². The number of carbonyl (C=O) groups is 9. The molecule has 0 bridgehead atoms. The van der Waals surface area contributed by atoms with Gasteiger partial charge in [-0.25, -0.2) is 19.2 Å². The largest absolute Gasteiger partial charge is 0.484 e. The third-order valence-corrected chi connectivity index (χ3v) is 9.06. The van der Waals surface area contributed by atoms with Gasteiger partial charge in [-0.15, -0.1) is 0 Å². The maximum atomic E-state index is 13.2. The summed E-state index contributed by atoms with van der Waals surface area (Å²) in [5, 5.41) is 51.7. The van der Waals surface area contributed by atoms with Crippen molar-refractivity contribution in [3.8, 4) is 5.75 Å². The number of hydrogen-bond donors (Lipinski definition) is 10. The van der Waals surface area contributed by atoms with Gasteiger partial charge in [0.1, 0.15) is 29.9 Å². The van der Waals surface area contributed by atoms with Gasteiger partial charge in [0.15, 0.2) is 6.61 Å². The van der Waals surface area contributed by atoms with Crippen LogP contribution in [0.25, 0.3) is 0 Å². The fraction of sp³-hybridized carbons (Fsp3) is 0.357. The molecule has 0 fully saturated rings. The minimum absolute atomic E-state index is 0.0780. The average molecular weight is 863 g/mol. The third kappa shape index (κ3) is 18.2. The van der Waals surface area contributed by atoms with Gasteiger partial charge in [-0.1, -0.05) is 60.2 Å². The Bertz CT molecular complexity index is 2050. The number of aryl methyl sites for hydroxylation is 1. The van der Waals surface area contributed by atoms with Gasteiger partial charge in [0.25, 0.3) is 11.8 Å². The number of unbranched alkanes of at least 4 members (excludes halogenated alkanes) is 1. The van der Waals surface area contributed by atoms with E-state index in [1.807, 2.05) is 13.0 Å². The SMILES string of the molecule is Cc1cccc(C(=O)NCC(=O)N[C@@H](Cc2ccc(OCC(=O)N[C@@H](Cc3ccccc3)C(=O)NCCCC[C@H](NC(=O)N[C@@H](CCC(=O)O)C(=O)O)C(=O)O)cc2)C(=O)O)c1. The van der Waals surface area contributed by atoms with Crippen molar-refractivity contribution in [1.29, 1.82) is 0 Å². The minimum Gasteiger partial charge on any atom is -0.484 e. The Morgan fingerprint density at radius 2 is 1.19 bits per heavy atom. The predicted octanol–water partition coefficient (Wildman–Crippen LogP) is 1.00. The van der Waals surface area contributed by atoms with Crippen molar-refractivity contribution in [3.05, 3.63) is 101 Å². The second-order valence-electron chi connectivity index (χ2n) is 14.1. The van der Waals surface area contributed by atoms with E-state index in [4.69, 9.17) is 9.84 Å². The number of hydrogen-bond acceptors (Lipinski definition) is 10. The Balaban J connectivity index is 1.48. The Morgan fingerprint density at radius 1 is 0.597 bits per heavy atom. The molecule has 0 aliphatic rings. The highest BCUT2D eigenvalue weighted by atomic mass is 16.5. The van der Waals surface area contributed by atoms with E-state index in [9.17, 15) is 58.5 Å². The number of nitrogens with one attached hydrogen (secondary N) is 6. The molecule has 0 saturated carbocycles. The number of carbonyl (C=O) groups excluding carboxylic acids is 5. The second-order valence-corrected chi connectivity index (χ2v) is 14.1. The third-order valence-electron chi connectivity index (χ3n) is 9.06. The molecule has 3 aromatic rings. The molecule has 0 aliphatic heterocycles. The molecule has 0 heterocycles. The van der Waals surface area contributed by atoms with Crippen molar-refractivity contribution >= 4 is 53.5 Å². The van der Waals surface area contributed by atoms with Crippen LogP contribution in [-0.4, -0.2) is 118 Å². The van der Waals surface area contributed by atoms with Crippen molar-refractivity contribution < 1.29 is 68.3 Å². The fourth-order valence-corrected chi connectivity index (χ4v) is 5.84. The van der Waals surface area contributed by atoms with Crippen LogP contribution in [-0.2, 0) is 46.4 Å². The van der Waals surface area contributed by atoms with Gasteiger partial charge in [0.05, 0.1) is 6.54 Å². The summed E-state index contributed by atoms with van der Waals surface area (Å²) in [4.78, 5) is 109. The molecule has 10 N–H and O–H groups in total. The van der Waals surface area contributed by atoms with Crippen LogP contribution in [0.4, 0.5) is 4.79 Å². The molecule has 0 spiro atoms. The molecule has 0 radical (unpaired) electrons. The summed E-state index contributed by atoms with van der Waals surface area (Å²) in [6.07, 6.45) is -0.514. The first-order chi connectivity index (χ1) is 29.5. The summed E-state index contributed by atoms with van der Waals surface area (Å²) in [6, 6.07) is 15.4. The van der Waals surface area contributed by atoms with Gasteiger partial charge in [-0.2, -0.15) is 0 Å². The molecule has 332 valence electrons. The van der Waals surface area contributed by atoms with Crippen molar-refractivity contribution in [1.82, 2.24) is 31.9 Å². The minimum atomic E-state index is -1.55. The summed E-state index contributed by atoms with van der Waals surface area (Å²) >= 11 is 0. The maximum Gasteiger partial charge on any atom is 0.326 e. The van der Waals surface area contributed by atoms with Gasteiger partial charge in [-0.05, 0) is 68.0 Å². The molecule has 0 saturated heterocycles. The molecule has 4 atom stereocenters. The second kappa shape index (κ2) is 25.2. The lowest BCUT2D eigenvalue weighted by atomic mass is 10.0. The zero-order chi connectivity index (χ0) is 45.6. The average Bonchev–Trinajstić information content (AvgIpc) is 3.22. The van der Waals surface area contributed by atoms with Gasteiger partial charge in [-0.3, -0.25) is 24.0 Å². The van der Waals surface area contributed by atoms with Crippen molar-refractivity contribution in [2.24, 2.45) is 0 Å². The first-order valence-electron chi connectivity index (χ1n) is 19.4.